The van der Waals surface area contributed by atoms with Gasteiger partial charge in [0.2, 0.25) is 0 Å². The summed E-state index contributed by atoms with van der Waals surface area (Å²) in [5.41, 5.74) is 0.667. The summed E-state index contributed by atoms with van der Waals surface area (Å²) in [4.78, 5) is 13.3. The highest BCUT2D eigenvalue weighted by Crippen LogP contribution is 2.27. The van der Waals surface area contributed by atoms with Crippen LogP contribution in [0.4, 0.5) is 0 Å². The number of aliphatic hydroxyl groups is 1. The van der Waals surface area contributed by atoms with Gasteiger partial charge in [-0.3, -0.25) is 4.79 Å². The Morgan fingerprint density at radius 1 is 1.53 bits per heavy atom. The molecule has 4 nitrogen and oxygen atoms in total. The number of rotatable bonds is 3. The number of likely N-dealkylation sites (N-methyl/N-ethyl adjacent to an activating group) is 1. The molecule has 0 atom stereocenters. The van der Waals surface area contributed by atoms with Crippen LogP contribution in [0.3, 0.4) is 0 Å². The van der Waals surface area contributed by atoms with Crippen molar-refractivity contribution in [1.82, 2.24) is 4.90 Å². The maximum atomic E-state index is 11.9. The molecule has 0 aliphatic rings. The van der Waals surface area contributed by atoms with E-state index < -0.39 is 0 Å². The number of nitrogens with zero attached hydrogens (tertiary/aromatic N) is 1. The van der Waals surface area contributed by atoms with Gasteiger partial charge in [0.1, 0.15) is 5.58 Å². The van der Waals surface area contributed by atoms with Crippen molar-refractivity contribution >= 4 is 32.8 Å². The fraction of sp³-hybridized carbons (Fsp3) is 0.250. The number of hydrogen-bond acceptors (Lipinski definition) is 3. The van der Waals surface area contributed by atoms with Crippen molar-refractivity contribution in [1.29, 1.82) is 0 Å². The van der Waals surface area contributed by atoms with Crippen molar-refractivity contribution in [3.8, 4) is 0 Å². The lowest BCUT2D eigenvalue weighted by Crippen LogP contribution is -2.29. The van der Waals surface area contributed by atoms with Crippen LogP contribution in [0.5, 0.6) is 0 Å². The largest absolute Gasteiger partial charge is 0.451 e. The normalized spacial score (nSPS) is 10.8. The summed E-state index contributed by atoms with van der Waals surface area (Å²) in [6, 6.07) is 7.25. The van der Waals surface area contributed by atoms with Gasteiger partial charge in [0.25, 0.3) is 5.91 Å². The van der Waals surface area contributed by atoms with Gasteiger partial charge in [0, 0.05) is 23.5 Å². The molecule has 1 heterocycles. The number of hydrogen-bond donors (Lipinski definition) is 1. The average molecular weight is 298 g/mol. The maximum absolute atomic E-state index is 11.9. The average Bonchev–Trinajstić information content (AvgIpc) is 2.73. The molecule has 1 amide bonds. The van der Waals surface area contributed by atoms with Gasteiger partial charge >= 0.3 is 0 Å². The molecule has 0 saturated heterocycles. The minimum atomic E-state index is -0.234. The first-order valence-electron chi connectivity index (χ1n) is 5.18. The number of amides is 1. The lowest BCUT2D eigenvalue weighted by atomic mass is 10.2. The second kappa shape index (κ2) is 4.89. The van der Waals surface area contributed by atoms with E-state index in [0.717, 1.165) is 9.86 Å². The van der Waals surface area contributed by atoms with Gasteiger partial charge in [0.05, 0.1) is 6.61 Å². The van der Waals surface area contributed by atoms with Gasteiger partial charge in [-0.05, 0) is 18.2 Å². The first-order chi connectivity index (χ1) is 8.13. The van der Waals surface area contributed by atoms with Gasteiger partial charge in [0.15, 0.2) is 5.76 Å². The number of carbonyl (C=O) groups excluding carboxylic acids is 1. The van der Waals surface area contributed by atoms with E-state index in [1.807, 2.05) is 18.2 Å². The van der Waals surface area contributed by atoms with E-state index in [1.54, 1.807) is 13.1 Å². The predicted octanol–water partition coefficient (Wildman–Crippen LogP) is 2.26. The summed E-state index contributed by atoms with van der Waals surface area (Å²) in [5, 5.41) is 9.65. The van der Waals surface area contributed by atoms with Crippen LogP contribution >= 0.6 is 15.9 Å². The van der Waals surface area contributed by atoms with Crippen LogP contribution in [-0.4, -0.2) is 36.1 Å². The van der Waals surface area contributed by atoms with Crippen molar-refractivity contribution in [2.75, 3.05) is 20.2 Å². The van der Waals surface area contributed by atoms with E-state index >= 15 is 0 Å². The molecule has 0 bridgehead atoms. The Morgan fingerprint density at radius 3 is 2.94 bits per heavy atom. The number of carbonyl (C=O) groups is 1. The summed E-state index contributed by atoms with van der Waals surface area (Å²) in [6.45, 7) is 0.225. The lowest BCUT2D eigenvalue weighted by Gasteiger charge is -2.13. The topological polar surface area (TPSA) is 53.7 Å². The van der Waals surface area contributed by atoms with Crippen molar-refractivity contribution in [3.05, 3.63) is 34.5 Å². The highest BCUT2D eigenvalue weighted by atomic mass is 79.9. The van der Waals surface area contributed by atoms with Crippen molar-refractivity contribution in [3.63, 3.8) is 0 Å². The molecule has 1 aromatic heterocycles. The second-order valence-electron chi connectivity index (χ2n) is 3.71. The van der Waals surface area contributed by atoms with Crippen LogP contribution in [0, 0.1) is 0 Å². The van der Waals surface area contributed by atoms with E-state index in [1.165, 1.54) is 4.90 Å². The van der Waals surface area contributed by atoms with Gasteiger partial charge in [-0.25, -0.2) is 0 Å². The summed E-state index contributed by atoms with van der Waals surface area (Å²) in [7, 11) is 1.63. The van der Waals surface area contributed by atoms with Gasteiger partial charge in [-0.15, -0.1) is 0 Å². The van der Waals surface area contributed by atoms with Gasteiger partial charge < -0.3 is 14.4 Å². The zero-order valence-corrected chi connectivity index (χ0v) is 10.9. The van der Waals surface area contributed by atoms with E-state index in [2.05, 4.69) is 15.9 Å². The molecule has 0 fully saturated rings. The van der Waals surface area contributed by atoms with Gasteiger partial charge in [-0.2, -0.15) is 0 Å². The van der Waals surface area contributed by atoms with Crippen molar-refractivity contribution < 1.29 is 14.3 Å². The minimum absolute atomic E-state index is 0.0633. The highest BCUT2D eigenvalue weighted by molar-refractivity contribution is 9.10. The third kappa shape index (κ3) is 2.35. The Balaban J connectivity index is 2.37. The maximum Gasteiger partial charge on any atom is 0.289 e. The molecular weight excluding hydrogens is 286 g/mol. The highest BCUT2D eigenvalue weighted by Gasteiger charge is 2.16. The standard InChI is InChI=1S/C12H12BrNO3/c1-14(5-6-15)12(16)11-7-8-9(13)3-2-4-10(8)17-11/h2-4,7,15H,5-6H2,1H3. The Labute approximate surface area is 107 Å². The van der Waals surface area contributed by atoms with Crippen LogP contribution in [-0.2, 0) is 0 Å². The Morgan fingerprint density at radius 2 is 2.29 bits per heavy atom. The fourth-order valence-electron chi connectivity index (χ4n) is 1.57. The molecule has 17 heavy (non-hydrogen) atoms. The molecule has 1 N–H and O–H groups in total. The monoisotopic (exact) mass is 297 g/mol. The molecule has 0 radical (unpaired) electrons. The summed E-state index contributed by atoms with van der Waals surface area (Å²) in [6.07, 6.45) is 0. The number of furan rings is 1. The first-order valence-corrected chi connectivity index (χ1v) is 5.97. The number of benzene rings is 1. The van der Waals surface area contributed by atoms with Crippen LogP contribution < -0.4 is 0 Å². The molecular formula is C12H12BrNO3. The SMILES string of the molecule is CN(CCO)C(=O)c1cc2c(Br)cccc2o1. The number of fused-ring (bicyclic) bond motifs is 1. The molecule has 90 valence electrons. The smallest absolute Gasteiger partial charge is 0.289 e. The van der Waals surface area contributed by atoms with Crippen LogP contribution in [0.25, 0.3) is 11.0 Å². The molecule has 2 aromatic rings. The van der Waals surface area contributed by atoms with E-state index in [-0.39, 0.29) is 24.8 Å². The minimum Gasteiger partial charge on any atom is -0.451 e. The molecule has 0 aliphatic carbocycles. The Hall–Kier alpha value is -1.33. The third-order valence-corrected chi connectivity index (χ3v) is 3.19. The van der Waals surface area contributed by atoms with Gasteiger partial charge in [-0.1, -0.05) is 22.0 Å². The molecule has 0 spiro atoms. The van der Waals surface area contributed by atoms with Crippen LogP contribution in [0.1, 0.15) is 10.6 Å². The molecule has 5 heteroatoms. The lowest BCUT2D eigenvalue weighted by molar-refractivity contribution is 0.0738. The molecule has 0 unspecified atom stereocenters. The van der Waals surface area contributed by atoms with Crippen LogP contribution in [0.2, 0.25) is 0 Å². The Kier molecular flexibility index (Phi) is 3.49. The first kappa shape index (κ1) is 12.1. The summed E-state index contributed by atoms with van der Waals surface area (Å²) < 4.78 is 6.37. The zero-order chi connectivity index (χ0) is 12.4. The van der Waals surface area contributed by atoms with E-state index in [9.17, 15) is 4.79 Å². The predicted molar refractivity (Wildman–Crippen MR) is 68.0 cm³/mol. The quantitative estimate of drug-likeness (QED) is 0.945. The number of halogens is 1. The second-order valence-corrected chi connectivity index (χ2v) is 4.57. The Bertz CT molecular complexity index is 550. The van der Waals surface area contributed by atoms with Crippen molar-refractivity contribution in [2.24, 2.45) is 0 Å². The summed E-state index contributed by atoms with van der Waals surface area (Å²) >= 11 is 3.40. The van der Waals surface area contributed by atoms with Crippen LogP contribution in [0.15, 0.2) is 33.2 Å². The van der Waals surface area contributed by atoms with E-state index in [0.29, 0.717) is 5.58 Å². The molecule has 0 saturated carbocycles. The molecule has 0 aliphatic heterocycles. The summed E-state index contributed by atoms with van der Waals surface area (Å²) in [5.74, 6) is 0.0463. The van der Waals surface area contributed by atoms with E-state index in [4.69, 9.17) is 9.52 Å². The fourth-order valence-corrected chi connectivity index (χ4v) is 2.03. The third-order valence-electron chi connectivity index (χ3n) is 2.50. The number of aliphatic hydroxyl groups excluding tert-OH is 1. The molecule has 2 rings (SSSR count). The molecule has 1 aromatic carbocycles. The zero-order valence-electron chi connectivity index (χ0n) is 9.31. The van der Waals surface area contributed by atoms with Crippen molar-refractivity contribution in [2.45, 2.75) is 0 Å².